The molecule has 0 spiro atoms. The summed E-state index contributed by atoms with van der Waals surface area (Å²) in [6, 6.07) is 10.2. The molecule has 1 aliphatic rings. The summed E-state index contributed by atoms with van der Waals surface area (Å²) >= 11 is 0. The van der Waals surface area contributed by atoms with E-state index in [2.05, 4.69) is 41.0 Å². The molecule has 0 saturated carbocycles. The van der Waals surface area contributed by atoms with Gasteiger partial charge in [-0.25, -0.2) is 0 Å². The number of nitrogens with zero attached hydrogens (tertiary/aromatic N) is 3. The summed E-state index contributed by atoms with van der Waals surface area (Å²) in [6.45, 7) is 6.26. The molecule has 2 atom stereocenters. The molecule has 24 heavy (non-hydrogen) atoms. The third-order valence-electron chi connectivity index (χ3n) is 4.16. The van der Waals surface area contributed by atoms with Crippen molar-refractivity contribution >= 4 is 5.91 Å². The van der Waals surface area contributed by atoms with Crippen LogP contribution in [0.15, 0.2) is 34.9 Å². The van der Waals surface area contributed by atoms with Gasteiger partial charge in [0.15, 0.2) is 0 Å². The number of nitrogens with two attached hydrogens (primary N) is 1. The Kier molecular flexibility index (Phi) is 4.92. The van der Waals surface area contributed by atoms with Crippen molar-refractivity contribution in [3.05, 3.63) is 47.6 Å². The summed E-state index contributed by atoms with van der Waals surface area (Å²) in [5.74, 6) is 0.00960. The first-order valence-corrected chi connectivity index (χ1v) is 8.08. The lowest BCUT2D eigenvalue weighted by Crippen LogP contribution is -2.45. The van der Waals surface area contributed by atoms with Crippen molar-refractivity contribution in [2.75, 3.05) is 13.1 Å². The molecule has 1 saturated heterocycles. The summed E-state index contributed by atoms with van der Waals surface area (Å²) < 4.78 is 11.4. The van der Waals surface area contributed by atoms with Crippen LogP contribution >= 0.6 is 0 Å². The van der Waals surface area contributed by atoms with Crippen LogP contribution in [0.4, 0.5) is 0 Å². The number of carbonyl (C=O) groups excluding carboxylic acids is 1. The van der Waals surface area contributed by atoms with Crippen molar-refractivity contribution in [2.45, 2.75) is 32.6 Å². The Labute approximate surface area is 140 Å². The van der Waals surface area contributed by atoms with Gasteiger partial charge in [-0.15, -0.1) is 0 Å². The number of hydrogen-bond acceptors (Lipinski definition) is 6. The summed E-state index contributed by atoms with van der Waals surface area (Å²) in [6.07, 6.45) is 0.105. The van der Waals surface area contributed by atoms with Gasteiger partial charge >= 0.3 is 0 Å². The Balaban J connectivity index is 1.74. The van der Waals surface area contributed by atoms with Crippen LogP contribution in [-0.4, -0.2) is 40.1 Å². The molecule has 2 N–H and O–H groups in total. The molecule has 0 bridgehead atoms. The number of carbonyl (C=O) groups is 1. The Hall–Kier alpha value is -2.25. The number of aromatic nitrogens is 2. The molecule has 0 unspecified atom stereocenters. The lowest BCUT2D eigenvalue weighted by atomic mass is 10.0. The second-order valence-corrected chi connectivity index (χ2v) is 6.39. The van der Waals surface area contributed by atoms with E-state index in [1.165, 1.54) is 0 Å². The van der Waals surface area contributed by atoms with E-state index in [1.807, 2.05) is 18.2 Å². The van der Waals surface area contributed by atoms with Gasteiger partial charge in [0, 0.05) is 13.1 Å². The van der Waals surface area contributed by atoms with Crippen LogP contribution in [0.5, 0.6) is 0 Å². The molecule has 0 aliphatic carbocycles. The molecule has 1 fully saturated rings. The minimum absolute atomic E-state index is 0.00844. The second-order valence-electron chi connectivity index (χ2n) is 6.39. The molecule has 3 rings (SSSR count). The zero-order valence-corrected chi connectivity index (χ0v) is 13.9. The maximum absolute atomic E-state index is 11.1. The zero-order chi connectivity index (χ0) is 17.1. The van der Waals surface area contributed by atoms with Gasteiger partial charge < -0.3 is 15.0 Å². The van der Waals surface area contributed by atoms with Crippen molar-refractivity contribution in [1.82, 2.24) is 15.0 Å². The summed E-state index contributed by atoms with van der Waals surface area (Å²) in [4.78, 5) is 17.3. The highest BCUT2D eigenvalue weighted by atomic mass is 16.5. The van der Waals surface area contributed by atoms with E-state index in [0.29, 0.717) is 18.4 Å². The van der Waals surface area contributed by atoms with Crippen LogP contribution < -0.4 is 5.73 Å². The predicted octanol–water partition coefficient (Wildman–Crippen LogP) is 1.77. The number of benzene rings is 1. The molecule has 1 aromatic heterocycles. The lowest BCUT2D eigenvalue weighted by molar-refractivity contribution is -0.109. The maximum atomic E-state index is 11.1. The predicted molar refractivity (Wildman–Crippen MR) is 87.0 cm³/mol. The van der Waals surface area contributed by atoms with Crippen molar-refractivity contribution < 1.29 is 14.1 Å². The van der Waals surface area contributed by atoms with Gasteiger partial charge in [0.25, 0.3) is 11.7 Å². The quantitative estimate of drug-likeness (QED) is 0.898. The van der Waals surface area contributed by atoms with Crippen LogP contribution in [0.3, 0.4) is 0 Å². The summed E-state index contributed by atoms with van der Waals surface area (Å²) in [7, 11) is 0. The van der Waals surface area contributed by atoms with E-state index in [0.717, 1.165) is 18.7 Å². The van der Waals surface area contributed by atoms with Gasteiger partial charge in [0.1, 0.15) is 0 Å². The largest absolute Gasteiger partial charge is 0.367 e. The third kappa shape index (κ3) is 3.80. The fourth-order valence-electron chi connectivity index (χ4n) is 2.82. The smallest absolute Gasteiger partial charge is 0.290 e. The number of rotatable bonds is 5. The molecule has 1 amide bonds. The molecular weight excluding hydrogens is 308 g/mol. The SMILES string of the molecule is CC(C)[C@H]1CN(Cc2nc(C(N)=O)no2)C[C@@H](c2ccccc2)O1. The Morgan fingerprint density at radius 1 is 1.33 bits per heavy atom. The summed E-state index contributed by atoms with van der Waals surface area (Å²) in [5, 5.41) is 3.59. The van der Waals surface area contributed by atoms with E-state index in [4.69, 9.17) is 15.0 Å². The molecule has 7 nitrogen and oxygen atoms in total. The first kappa shape index (κ1) is 16.6. The topological polar surface area (TPSA) is 94.5 Å². The van der Waals surface area contributed by atoms with E-state index >= 15 is 0 Å². The first-order chi connectivity index (χ1) is 11.5. The van der Waals surface area contributed by atoms with Gasteiger partial charge in [-0.2, -0.15) is 4.98 Å². The van der Waals surface area contributed by atoms with E-state index in [-0.39, 0.29) is 18.0 Å². The van der Waals surface area contributed by atoms with Crippen LogP contribution in [0, 0.1) is 5.92 Å². The Bertz CT molecular complexity index is 686. The molecule has 7 heteroatoms. The summed E-state index contributed by atoms with van der Waals surface area (Å²) in [5.41, 5.74) is 6.31. The number of primary amides is 1. The fraction of sp³-hybridized carbons (Fsp3) is 0.471. The van der Waals surface area contributed by atoms with Crippen LogP contribution in [0.1, 0.15) is 42.0 Å². The number of amides is 1. The monoisotopic (exact) mass is 330 g/mol. The Morgan fingerprint density at radius 3 is 2.71 bits per heavy atom. The normalized spacial score (nSPS) is 22.0. The van der Waals surface area contributed by atoms with Crippen LogP contribution in [0.2, 0.25) is 0 Å². The van der Waals surface area contributed by atoms with Gasteiger partial charge in [-0.1, -0.05) is 49.3 Å². The highest BCUT2D eigenvalue weighted by molar-refractivity contribution is 5.88. The van der Waals surface area contributed by atoms with Crippen LogP contribution in [0.25, 0.3) is 0 Å². The molecule has 2 heterocycles. The van der Waals surface area contributed by atoms with E-state index in [9.17, 15) is 4.79 Å². The number of ether oxygens (including phenoxy) is 1. The second kappa shape index (κ2) is 7.11. The highest BCUT2D eigenvalue weighted by Crippen LogP contribution is 2.28. The van der Waals surface area contributed by atoms with Crippen molar-refractivity contribution in [3.8, 4) is 0 Å². The number of hydrogen-bond donors (Lipinski definition) is 1. The number of morpholine rings is 1. The molecular formula is C17H22N4O3. The highest BCUT2D eigenvalue weighted by Gasteiger charge is 2.31. The van der Waals surface area contributed by atoms with Crippen molar-refractivity contribution in [3.63, 3.8) is 0 Å². The third-order valence-corrected chi connectivity index (χ3v) is 4.16. The molecule has 2 aromatic rings. The van der Waals surface area contributed by atoms with Crippen molar-refractivity contribution in [1.29, 1.82) is 0 Å². The molecule has 1 aliphatic heterocycles. The maximum Gasteiger partial charge on any atom is 0.290 e. The van der Waals surface area contributed by atoms with Crippen molar-refractivity contribution in [2.24, 2.45) is 11.7 Å². The minimum Gasteiger partial charge on any atom is -0.367 e. The van der Waals surface area contributed by atoms with Gasteiger partial charge in [-0.05, 0) is 11.5 Å². The van der Waals surface area contributed by atoms with Gasteiger partial charge in [-0.3, -0.25) is 9.69 Å². The van der Waals surface area contributed by atoms with Crippen LogP contribution in [-0.2, 0) is 11.3 Å². The molecule has 0 radical (unpaired) electrons. The standard InChI is InChI=1S/C17H22N4O3/c1-11(2)13-8-21(10-15-19-17(16(18)22)20-24-15)9-14(23-13)12-6-4-3-5-7-12/h3-7,11,13-14H,8-10H2,1-2H3,(H2,18,22)/t13-,14+/m1/s1. The fourth-order valence-corrected chi connectivity index (χ4v) is 2.82. The molecule has 128 valence electrons. The molecule has 1 aromatic carbocycles. The minimum atomic E-state index is -0.686. The van der Waals surface area contributed by atoms with E-state index < -0.39 is 5.91 Å². The van der Waals surface area contributed by atoms with Gasteiger partial charge in [0.2, 0.25) is 5.89 Å². The van der Waals surface area contributed by atoms with E-state index in [1.54, 1.807) is 0 Å². The first-order valence-electron chi connectivity index (χ1n) is 8.08. The lowest BCUT2D eigenvalue weighted by Gasteiger charge is -2.39. The Morgan fingerprint density at radius 2 is 2.08 bits per heavy atom. The zero-order valence-electron chi connectivity index (χ0n) is 13.9. The van der Waals surface area contributed by atoms with Gasteiger partial charge in [0.05, 0.1) is 18.8 Å². The average molecular weight is 330 g/mol. The average Bonchev–Trinajstić information content (AvgIpc) is 3.04.